The van der Waals surface area contributed by atoms with Crippen LogP contribution in [-0.4, -0.2) is 27.0 Å². The van der Waals surface area contributed by atoms with Crippen LogP contribution in [0.2, 0.25) is 5.02 Å². The van der Waals surface area contributed by atoms with E-state index in [0.717, 1.165) is 31.7 Å². The summed E-state index contributed by atoms with van der Waals surface area (Å²) in [7, 11) is -2.10. The molecule has 3 aromatic carbocycles. The Morgan fingerprint density at radius 3 is 2.26 bits per heavy atom. The minimum absolute atomic E-state index is 0.0160. The van der Waals surface area contributed by atoms with E-state index in [1.165, 1.54) is 12.1 Å². The summed E-state index contributed by atoms with van der Waals surface area (Å²) in [6, 6.07) is 10.0. The van der Waals surface area contributed by atoms with Crippen LogP contribution in [0.5, 0.6) is 0 Å². The van der Waals surface area contributed by atoms with Crippen molar-refractivity contribution in [2.45, 2.75) is 31.2 Å². The van der Waals surface area contributed by atoms with Gasteiger partial charge in [-0.15, -0.1) is 4.91 Å². The average Bonchev–Trinajstić information content (AvgIpc) is 2.85. The van der Waals surface area contributed by atoms with Gasteiger partial charge in [-0.3, -0.25) is 14.4 Å². The molecule has 3 rings (SSSR count). The summed E-state index contributed by atoms with van der Waals surface area (Å²) in [6.45, 7) is 3.87. The molecule has 0 spiro atoms. The maximum atomic E-state index is 12.8. The Kier molecular flexibility index (Phi) is 7.51. The lowest BCUT2D eigenvalue weighted by Crippen LogP contribution is -2.37. The Balaban J connectivity index is 1.98. The average molecular weight is 507 g/mol. The van der Waals surface area contributed by atoms with Crippen LogP contribution in [0.1, 0.15) is 31.0 Å². The second-order valence-corrected chi connectivity index (χ2v) is 9.74. The van der Waals surface area contributed by atoms with Gasteiger partial charge >= 0.3 is 0 Å². The number of rotatable bonds is 10. The van der Waals surface area contributed by atoms with E-state index in [1.54, 1.807) is 0 Å². The van der Waals surface area contributed by atoms with Crippen molar-refractivity contribution in [2.24, 2.45) is 5.18 Å². The van der Waals surface area contributed by atoms with Gasteiger partial charge in [-0.25, -0.2) is 8.42 Å². The van der Waals surface area contributed by atoms with E-state index in [2.05, 4.69) is 15.8 Å². The summed E-state index contributed by atoms with van der Waals surface area (Å²) in [5.74, 6) is 0. The highest BCUT2D eigenvalue weighted by atomic mass is 35.5. The predicted octanol–water partition coefficient (Wildman–Crippen LogP) is 3.99. The summed E-state index contributed by atoms with van der Waals surface area (Å²) in [5, 5.41) is 8.23. The summed E-state index contributed by atoms with van der Waals surface area (Å²) >= 11 is 6.06. The number of nitrogens with zero attached hydrogens (tertiary/aromatic N) is 2. The van der Waals surface area contributed by atoms with Crippen LogP contribution in [0.15, 0.2) is 56.1 Å². The first kappa shape index (κ1) is 25.5. The van der Waals surface area contributed by atoms with Crippen LogP contribution in [0.4, 0.5) is 22.7 Å². The van der Waals surface area contributed by atoms with Gasteiger partial charge in [0.15, 0.2) is 5.69 Å². The molecule has 0 radical (unpaired) electrons. The van der Waals surface area contributed by atoms with Crippen molar-refractivity contribution in [3.05, 3.63) is 77.9 Å². The Labute approximate surface area is 201 Å². The molecule has 12 heteroatoms. The van der Waals surface area contributed by atoms with Crippen LogP contribution in [0.25, 0.3) is 0 Å². The van der Waals surface area contributed by atoms with E-state index in [-0.39, 0.29) is 28.1 Å². The number of halogens is 1. The number of nitrogens with one attached hydrogen (secondary N) is 2. The number of aryl methyl sites for hydroxylation is 1. The minimum atomic E-state index is -4.35. The van der Waals surface area contributed by atoms with E-state index in [4.69, 9.17) is 16.4 Å². The Hall–Kier alpha value is -3.12. The van der Waals surface area contributed by atoms with E-state index in [9.17, 15) is 22.9 Å². The normalized spacial score (nSPS) is 12.6. The lowest BCUT2D eigenvalue weighted by molar-refractivity contribution is -0.0258. The minimum Gasteiger partial charge on any atom is -0.373 e. The van der Waals surface area contributed by atoms with Crippen molar-refractivity contribution in [3.8, 4) is 0 Å². The summed E-state index contributed by atoms with van der Waals surface area (Å²) in [5.41, 5.74) is -0.263. The molecule has 0 fully saturated rings. The maximum absolute atomic E-state index is 12.8. The fraction of sp³-hybridized carbons (Fsp3) is 0.273. The van der Waals surface area contributed by atoms with Crippen molar-refractivity contribution < 1.29 is 13.3 Å². The molecule has 2 N–H and O–H groups in total. The maximum Gasteiger partial charge on any atom is 0.268 e. The molecule has 1 atom stereocenters. The molecule has 0 saturated heterocycles. The number of hydrogen-bond donors (Lipinski definition) is 2. The van der Waals surface area contributed by atoms with E-state index >= 15 is 0 Å². The van der Waals surface area contributed by atoms with Gasteiger partial charge < -0.3 is 10.6 Å². The second kappa shape index (κ2) is 10.0. The van der Waals surface area contributed by atoms with Gasteiger partial charge in [-0.05, 0) is 41.8 Å². The third kappa shape index (κ3) is 4.60. The summed E-state index contributed by atoms with van der Waals surface area (Å²) in [6.07, 6.45) is 0.889. The molecule has 3 aromatic rings. The molecule has 34 heavy (non-hydrogen) atoms. The number of nitroso groups, excluding NO2 is 1. The SMILES string of the molecule is CCc1ccc(C(C)Nc2c(Nc3ccc(Cl)c(S(=O)(=O)N(C)OC)c3N=O)c(=O)c2=O)cc1. The van der Waals surface area contributed by atoms with Gasteiger partial charge in [0.1, 0.15) is 16.3 Å². The molecule has 1 unspecified atom stereocenters. The zero-order valence-electron chi connectivity index (χ0n) is 18.9. The number of hydrogen-bond acceptors (Lipinski definition) is 9. The van der Waals surface area contributed by atoms with Gasteiger partial charge in [-0.2, -0.15) is 0 Å². The lowest BCUT2D eigenvalue weighted by Gasteiger charge is -2.21. The molecule has 0 saturated carbocycles. The molecule has 0 bridgehead atoms. The first-order chi connectivity index (χ1) is 16.1. The van der Waals surface area contributed by atoms with Gasteiger partial charge in [0.05, 0.1) is 17.8 Å². The van der Waals surface area contributed by atoms with Crippen molar-refractivity contribution in [3.63, 3.8) is 0 Å². The Morgan fingerprint density at radius 1 is 1.09 bits per heavy atom. The fourth-order valence-corrected chi connectivity index (χ4v) is 4.94. The first-order valence-corrected chi connectivity index (χ1v) is 12.0. The molecular formula is C22H23ClN4O6S. The first-order valence-electron chi connectivity index (χ1n) is 10.2. The zero-order chi connectivity index (χ0) is 25.2. The highest BCUT2D eigenvalue weighted by molar-refractivity contribution is 7.89. The van der Waals surface area contributed by atoms with Crippen molar-refractivity contribution in [1.82, 2.24) is 4.47 Å². The largest absolute Gasteiger partial charge is 0.373 e. The van der Waals surface area contributed by atoms with Gasteiger partial charge in [0.25, 0.3) is 20.9 Å². The molecule has 0 aliphatic rings. The van der Waals surface area contributed by atoms with Crippen LogP contribution >= 0.6 is 11.6 Å². The third-order valence-corrected chi connectivity index (χ3v) is 7.63. The van der Waals surface area contributed by atoms with Gasteiger partial charge in [-0.1, -0.05) is 47.3 Å². The topological polar surface area (TPSA) is 134 Å². The zero-order valence-corrected chi connectivity index (χ0v) is 20.5. The Bertz CT molecular complexity index is 1400. The highest BCUT2D eigenvalue weighted by Crippen LogP contribution is 2.41. The molecule has 0 aromatic heterocycles. The molecule has 10 nitrogen and oxygen atoms in total. The predicted molar refractivity (Wildman–Crippen MR) is 131 cm³/mol. The lowest BCUT2D eigenvalue weighted by atomic mass is 10.0. The third-order valence-electron chi connectivity index (χ3n) is 5.45. The number of hydroxylamine groups is 1. The molecule has 0 amide bonds. The van der Waals surface area contributed by atoms with Gasteiger partial charge in [0, 0.05) is 13.1 Å². The van der Waals surface area contributed by atoms with Crippen molar-refractivity contribution >= 4 is 44.4 Å². The standard InChI is InChI=1S/C22H23ClN4O6S/c1-5-13-6-8-14(9-7-13)12(2)24-18-19(21(29)20(18)28)25-16-11-10-15(23)22(17(16)26-30)34(31,32)27(3)33-4/h6-12,24-25H,5H2,1-4H3. The molecular weight excluding hydrogens is 484 g/mol. The highest BCUT2D eigenvalue weighted by Gasteiger charge is 2.31. The van der Waals surface area contributed by atoms with Crippen LogP contribution in [-0.2, 0) is 21.3 Å². The van der Waals surface area contributed by atoms with E-state index in [1.807, 2.05) is 38.1 Å². The molecule has 0 heterocycles. The van der Waals surface area contributed by atoms with Crippen molar-refractivity contribution in [2.75, 3.05) is 24.8 Å². The van der Waals surface area contributed by atoms with Crippen molar-refractivity contribution in [1.29, 1.82) is 0 Å². The monoisotopic (exact) mass is 506 g/mol. The number of anilines is 3. The summed E-state index contributed by atoms with van der Waals surface area (Å²) < 4.78 is 26.0. The smallest absolute Gasteiger partial charge is 0.268 e. The van der Waals surface area contributed by atoms with Crippen LogP contribution in [0, 0.1) is 4.91 Å². The summed E-state index contributed by atoms with van der Waals surface area (Å²) in [4.78, 5) is 40.3. The molecule has 0 aliphatic carbocycles. The van der Waals surface area contributed by atoms with Crippen LogP contribution in [0.3, 0.4) is 0 Å². The van der Waals surface area contributed by atoms with E-state index in [0.29, 0.717) is 4.47 Å². The van der Waals surface area contributed by atoms with Crippen LogP contribution < -0.4 is 21.5 Å². The second-order valence-electron chi connectivity index (χ2n) is 7.46. The van der Waals surface area contributed by atoms with Gasteiger partial charge in [0.2, 0.25) is 0 Å². The number of sulfonamides is 1. The Morgan fingerprint density at radius 2 is 1.71 bits per heavy atom. The molecule has 0 aliphatic heterocycles. The fourth-order valence-electron chi connectivity index (χ4n) is 3.34. The molecule has 180 valence electrons. The number of benzene rings is 2. The van der Waals surface area contributed by atoms with E-state index < -0.39 is 31.5 Å². The quantitative estimate of drug-likeness (QED) is 0.239.